The number of nitrogens with one attached hydrogen (secondary N) is 1. The Kier molecular flexibility index (Phi) is 4.67. The van der Waals surface area contributed by atoms with Crippen molar-refractivity contribution in [1.82, 2.24) is 4.98 Å². The molecule has 4 rings (SSSR count). The number of rotatable bonds is 4. The number of amides is 1. The molecule has 0 aliphatic rings. The molecule has 2 heterocycles. The van der Waals surface area contributed by atoms with Gasteiger partial charge in [-0.25, -0.2) is 9.98 Å². The van der Waals surface area contributed by atoms with E-state index in [-0.39, 0.29) is 11.5 Å². The number of fused-ring (bicyclic) bond motifs is 1. The summed E-state index contributed by atoms with van der Waals surface area (Å²) in [4.78, 5) is 21.4. The smallest absolute Gasteiger partial charge is 0.262 e. The van der Waals surface area contributed by atoms with E-state index in [1.54, 1.807) is 49.0 Å². The minimum Gasteiger partial charge on any atom is -0.497 e. The van der Waals surface area contributed by atoms with E-state index in [4.69, 9.17) is 9.15 Å². The van der Waals surface area contributed by atoms with Gasteiger partial charge >= 0.3 is 0 Å². The number of thiazole rings is 1. The van der Waals surface area contributed by atoms with E-state index in [2.05, 4.69) is 15.3 Å². The number of para-hydroxylation sites is 1. The molecule has 1 N–H and O–H groups in total. The van der Waals surface area contributed by atoms with Gasteiger partial charge in [0.2, 0.25) is 5.55 Å². The molecule has 6 nitrogen and oxygen atoms in total. The van der Waals surface area contributed by atoms with Crippen molar-refractivity contribution < 1.29 is 13.9 Å². The molecule has 1 amide bonds. The van der Waals surface area contributed by atoms with Crippen molar-refractivity contribution in [3.05, 3.63) is 77.3 Å². The Balaban J connectivity index is 1.83. The van der Waals surface area contributed by atoms with Gasteiger partial charge in [0.1, 0.15) is 16.9 Å². The number of ether oxygens (including phenoxy) is 1. The molecular formula is C20H15N3O3S. The zero-order valence-corrected chi connectivity index (χ0v) is 15.2. The molecule has 27 heavy (non-hydrogen) atoms. The van der Waals surface area contributed by atoms with Crippen molar-refractivity contribution >= 4 is 39.0 Å². The maximum atomic E-state index is 12.8. The van der Waals surface area contributed by atoms with Gasteiger partial charge in [0.05, 0.1) is 12.8 Å². The number of methoxy groups -OCH3 is 1. The number of hydrogen-bond acceptors (Lipinski definition) is 6. The molecule has 2 aromatic carbocycles. The third-order valence-electron chi connectivity index (χ3n) is 3.86. The van der Waals surface area contributed by atoms with Gasteiger partial charge in [-0.15, -0.1) is 11.3 Å². The molecule has 0 saturated heterocycles. The lowest BCUT2D eigenvalue weighted by atomic mass is 10.2. The maximum Gasteiger partial charge on any atom is 0.262 e. The van der Waals surface area contributed by atoms with Crippen LogP contribution in [0.2, 0.25) is 0 Å². The molecule has 0 unspecified atom stereocenters. The summed E-state index contributed by atoms with van der Waals surface area (Å²) in [6, 6.07) is 16.5. The Hall–Kier alpha value is -3.45. The molecule has 0 fully saturated rings. The highest BCUT2D eigenvalue weighted by Gasteiger charge is 2.14. The molecule has 0 aliphatic carbocycles. The second-order valence-corrected chi connectivity index (χ2v) is 6.50. The summed E-state index contributed by atoms with van der Waals surface area (Å²) in [5, 5.41) is 5.90. The van der Waals surface area contributed by atoms with E-state index in [0.717, 1.165) is 11.1 Å². The van der Waals surface area contributed by atoms with Crippen LogP contribution >= 0.6 is 11.3 Å². The average Bonchev–Trinajstić information content (AvgIpc) is 3.21. The van der Waals surface area contributed by atoms with Gasteiger partial charge in [0.25, 0.3) is 5.91 Å². The van der Waals surface area contributed by atoms with Crippen LogP contribution in [0.15, 0.2) is 75.6 Å². The standard InChI is InChI=1S/C20H15N3O3S/c1-25-15-8-6-14(7-9-15)22-19-16(18(24)23-20-21-10-11-27-20)12-13-4-2-3-5-17(13)26-19/h2-12H,1H3,(H,21,23,24). The lowest BCUT2D eigenvalue weighted by molar-refractivity contribution is 0.102. The predicted octanol–water partition coefficient (Wildman–Crippen LogP) is 4.38. The fraction of sp³-hybridized carbons (Fsp3) is 0.0500. The number of nitrogens with zero attached hydrogens (tertiary/aromatic N) is 2. The van der Waals surface area contributed by atoms with Crippen LogP contribution in [0.5, 0.6) is 5.75 Å². The van der Waals surface area contributed by atoms with Crippen LogP contribution < -0.4 is 15.6 Å². The highest BCUT2D eigenvalue weighted by Crippen LogP contribution is 2.19. The third-order valence-corrected chi connectivity index (χ3v) is 4.54. The Bertz CT molecular complexity index is 1150. The first-order valence-electron chi connectivity index (χ1n) is 8.15. The molecule has 4 aromatic rings. The monoisotopic (exact) mass is 377 g/mol. The number of benzene rings is 2. The molecule has 0 saturated carbocycles. The van der Waals surface area contributed by atoms with Crippen molar-refractivity contribution in [2.24, 2.45) is 4.99 Å². The largest absolute Gasteiger partial charge is 0.497 e. The lowest BCUT2D eigenvalue weighted by Gasteiger charge is -2.05. The van der Waals surface area contributed by atoms with Gasteiger partial charge in [-0.3, -0.25) is 10.1 Å². The van der Waals surface area contributed by atoms with Crippen molar-refractivity contribution in [3.8, 4) is 5.75 Å². The minimum atomic E-state index is -0.327. The lowest BCUT2D eigenvalue weighted by Crippen LogP contribution is -2.21. The second kappa shape index (κ2) is 7.43. The van der Waals surface area contributed by atoms with Gasteiger partial charge in [0, 0.05) is 17.0 Å². The summed E-state index contributed by atoms with van der Waals surface area (Å²) < 4.78 is 11.1. The zero-order valence-electron chi connectivity index (χ0n) is 14.4. The van der Waals surface area contributed by atoms with Gasteiger partial charge < -0.3 is 9.15 Å². The van der Waals surface area contributed by atoms with Crippen LogP contribution in [-0.2, 0) is 0 Å². The van der Waals surface area contributed by atoms with E-state index < -0.39 is 0 Å². The highest BCUT2D eigenvalue weighted by atomic mass is 32.1. The quantitative estimate of drug-likeness (QED) is 0.572. The fourth-order valence-electron chi connectivity index (χ4n) is 2.54. The average molecular weight is 377 g/mol. The molecular weight excluding hydrogens is 362 g/mol. The van der Waals surface area contributed by atoms with E-state index in [9.17, 15) is 4.79 Å². The number of carbonyl (C=O) groups excluding carboxylic acids is 1. The molecule has 0 bridgehead atoms. The first-order chi connectivity index (χ1) is 13.2. The summed E-state index contributed by atoms with van der Waals surface area (Å²) in [5.41, 5.74) is 1.86. The minimum absolute atomic E-state index is 0.230. The SMILES string of the molecule is COc1ccc(N=c2oc3ccccc3cc2C(=O)Nc2nccs2)cc1. The molecule has 7 heteroatoms. The number of carbonyl (C=O) groups is 1. The Labute approximate surface area is 158 Å². The summed E-state index contributed by atoms with van der Waals surface area (Å²) in [6.45, 7) is 0. The Morgan fingerprint density at radius 1 is 1.19 bits per heavy atom. The second-order valence-electron chi connectivity index (χ2n) is 5.60. The van der Waals surface area contributed by atoms with Crippen LogP contribution in [0, 0.1) is 0 Å². The van der Waals surface area contributed by atoms with Crippen LogP contribution in [0.4, 0.5) is 10.8 Å². The molecule has 0 aliphatic heterocycles. The van der Waals surface area contributed by atoms with Gasteiger partial charge in [0.15, 0.2) is 5.13 Å². The Morgan fingerprint density at radius 3 is 2.74 bits per heavy atom. The van der Waals surface area contributed by atoms with Gasteiger partial charge in [-0.1, -0.05) is 18.2 Å². The molecule has 0 spiro atoms. The van der Waals surface area contributed by atoms with E-state index in [1.165, 1.54) is 11.3 Å². The zero-order chi connectivity index (χ0) is 18.6. The number of hydrogen-bond donors (Lipinski definition) is 1. The number of anilines is 1. The van der Waals surface area contributed by atoms with Gasteiger partial charge in [-0.05, 0) is 36.4 Å². The predicted molar refractivity (Wildman–Crippen MR) is 104 cm³/mol. The topological polar surface area (TPSA) is 76.7 Å². The highest BCUT2D eigenvalue weighted by molar-refractivity contribution is 7.13. The summed E-state index contributed by atoms with van der Waals surface area (Å²) >= 11 is 1.35. The van der Waals surface area contributed by atoms with Crippen molar-refractivity contribution in [1.29, 1.82) is 0 Å². The Morgan fingerprint density at radius 2 is 2.00 bits per heavy atom. The first kappa shape index (κ1) is 17.0. The normalized spacial score (nSPS) is 11.5. The fourth-order valence-corrected chi connectivity index (χ4v) is 3.06. The van der Waals surface area contributed by atoms with Crippen LogP contribution in [-0.4, -0.2) is 18.0 Å². The van der Waals surface area contributed by atoms with Gasteiger partial charge in [-0.2, -0.15) is 0 Å². The summed E-state index contributed by atoms with van der Waals surface area (Å²) in [5.74, 6) is 0.401. The molecule has 134 valence electrons. The molecule has 2 aromatic heterocycles. The maximum absolute atomic E-state index is 12.8. The van der Waals surface area contributed by atoms with E-state index >= 15 is 0 Å². The van der Waals surface area contributed by atoms with Crippen molar-refractivity contribution in [2.45, 2.75) is 0 Å². The van der Waals surface area contributed by atoms with E-state index in [1.807, 2.05) is 24.3 Å². The van der Waals surface area contributed by atoms with Crippen LogP contribution in [0.3, 0.4) is 0 Å². The first-order valence-corrected chi connectivity index (χ1v) is 9.03. The molecule has 0 radical (unpaired) electrons. The van der Waals surface area contributed by atoms with Crippen LogP contribution in [0.25, 0.3) is 11.0 Å². The van der Waals surface area contributed by atoms with Crippen molar-refractivity contribution in [2.75, 3.05) is 12.4 Å². The summed E-state index contributed by atoms with van der Waals surface area (Å²) in [7, 11) is 1.60. The van der Waals surface area contributed by atoms with Crippen molar-refractivity contribution in [3.63, 3.8) is 0 Å². The van der Waals surface area contributed by atoms with E-state index in [0.29, 0.717) is 22.0 Å². The number of aromatic nitrogens is 1. The van der Waals surface area contributed by atoms with Crippen LogP contribution in [0.1, 0.15) is 10.4 Å². The summed E-state index contributed by atoms with van der Waals surface area (Å²) in [6.07, 6.45) is 1.63. The third kappa shape index (κ3) is 3.73. The molecule has 0 atom stereocenters.